The number of rotatable bonds is 7. The predicted octanol–water partition coefficient (Wildman–Crippen LogP) is 7.01. The van der Waals surface area contributed by atoms with Gasteiger partial charge < -0.3 is 9.47 Å². The van der Waals surface area contributed by atoms with Crippen molar-refractivity contribution < 1.29 is 27.2 Å². The van der Waals surface area contributed by atoms with Crippen molar-refractivity contribution in [3.8, 4) is 5.69 Å². The molecule has 0 saturated carbocycles. The molecule has 2 heterocycles. The van der Waals surface area contributed by atoms with Crippen LogP contribution in [0.5, 0.6) is 0 Å². The zero-order valence-electron chi connectivity index (χ0n) is 21.7. The van der Waals surface area contributed by atoms with Crippen molar-refractivity contribution in [2.24, 2.45) is 0 Å². The van der Waals surface area contributed by atoms with Crippen LogP contribution in [0.1, 0.15) is 53.0 Å². The van der Waals surface area contributed by atoms with Crippen LogP contribution in [-0.4, -0.2) is 34.4 Å². The topological polar surface area (TPSA) is 45.6 Å². The lowest BCUT2D eigenvalue weighted by Gasteiger charge is -2.39. The Morgan fingerprint density at radius 2 is 1.62 bits per heavy atom. The number of nitrogens with zero attached hydrogens (tertiary/aromatic N) is 3. The minimum absolute atomic E-state index is 0.137. The van der Waals surface area contributed by atoms with E-state index in [1.54, 1.807) is 29.2 Å². The SMILES string of the molecule is CCCCN(CC(=O)N1c2ccccc2-n2cccc2C1c1ccc(F)cc1)C(=O)c1cccc(C(F)(F)F)c1. The zero-order chi connectivity index (χ0) is 28.4. The van der Waals surface area contributed by atoms with Crippen LogP contribution < -0.4 is 4.90 Å². The summed E-state index contributed by atoms with van der Waals surface area (Å²) < 4.78 is 55.8. The molecule has 1 unspecified atom stereocenters. The van der Waals surface area contributed by atoms with Gasteiger partial charge in [-0.1, -0.05) is 43.7 Å². The van der Waals surface area contributed by atoms with Gasteiger partial charge in [-0.2, -0.15) is 13.2 Å². The average molecular weight is 550 g/mol. The first kappa shape index (κ1) is 27.2. The first-order chi connectivity index (χ1) is 19.2. The highest BCUT2D eigenvalue weighted by Crippen LogP contribution is 2.42. The maximum Gasteiger partial charge on any atom is 0.416 e. The molecule has 3 aromatic carbocycles. The summed E-state index contributed by atoms with van der Waals surface area (Å²) in [6.07, 6.45) is -1.43. The number of fused-ring (bicyclic) bond motifs is 3. The van der Waals surface area contributed by atoms with Crippen LogP contribution >= 0.6 is 0 Å². The van der Waals surface area contributed by atoms with Crippen LogP contribution in [-0.2, 0) is 11.0 Å². The molecule has 5 rings (SSSR count). The van der Waals surface area contributed by atoms with E-state index in [-0.39, 0.29) is 18.7 Å². The summed E-state index contributed by atoms with van der Waals surface area (Å²) in [7, 11) is 0. The van der Waals surface area contributed by atoms with E-state index in [4.69, 9.17) is 0 Å². The lowest BCUT2D eigenvalue weighted by Crippen LogP contribution is -2.47. The number of halogens is 4. The summed E-state index contributed by atoms with van der Waals surface area (Å²) in [6.45, 7) is 1.78. The number of anilines is 1. The Kier molecular flexibility index (Phi) is 7.47. The molecule has 1 aromatic heterocycles. The Labute approximate surface area is 229 Å². The Morgan fingerprint density at radius 1 is 0.900 bits per heavy atom. The molecule has 0 bridgehead atoms. The summed E-state index contributed by atoms with van der Waals surface area (Å²) in [5.41, 5.74) is 1.76. The van der Waals surface area contributed by atoms with Gasteiger partial charge in [0.15, 0.2) is 0 Å². The molecular formula is C31H27F4N3O2. The normalized spacial score (nSPS) is 14.4. The van der Waals surface area contributed by atoms with Gasteiger partial charge in [-0.05, 0) is 66.6 Å². The van der Waals surface area contributed by atoms with Crippen molar-refractivity contribution in [1.29, 1.82) is 0 Å². The van der Waals surface area contributed by atoms with E-state index >= 15 is 0 Å². The van der Waals surface area contributed by atoms with E-state index in [1.165, 1.54) is 29.2 Å². The first-order valence-electron chi connectivity index (χ1n) is 13.0. The number of carbonyl (C=O) groups is 2. The minimum Gasteiger partial charge on any atom is -0.329 e. The molecule has 1 atom stereocenters. The van der Waals surface area contributed by atoms with Gasteiger partial charge in [0.1, 0.15) is 18.4 Å². The highest BCUT2D eigenvalue weighted by molar-refractivity contribution is 6.02. The fraction of sp³-hybridized carbons (Fsp3) is 0.226. The Bertz CT molecular complexity index is 1530. The highest BCUT2D eigenvalue weighted by Gasteiger charge is 2.37. The van der Waals surface area contributed by atoms with E-state index in [9.17, 15) is 27.2 Å². The van der Waals surface area contributed by atoms with Crippen LogP contribution in [0.3, 0.4) is 0 Å². The molecule has 1 aliphatic heterocycles. The Hall–Kier alpha value is -4.40. The number of carbonyl (C=O) groups excluding carboxylic acids is 2. The van der Waals surface area contributed by atoms with Crippen LogP contribution in [0, 0.1) is 5.82 Å². The largest absolute Gasteiger partial charge is 0.416 e. The molecule has 0 spiro atoms. The third-order valence-electron chi connectivity index (χ3n) is 7.01. The number of benzene rings is 3. The molecule has 5 nitrogen and oxygen atoms in total. The summed E-state index contributed by atoms with van der Waals surface area (Å²) in [5.74, 6) is -1.48. The van der Waals surface area contributed by atoms with Crippen LogP contribution in [0.4, 0.5) is 23.2 Å². The number of para-hydroxylation sites is 2. The number of alkyl halides is 3. The lowest BCUT2D eigenvalue weighted by atomic mass is 9.97. The average Bonchev–Trinajstić information content (AvgIpc) is 3.44. The van der Waals surface area contributed by atoms with Gasteiger partial charge in [0, 0.05) is 18.3 Å². The second-order valence-electron chi connectivity index (χ2n) is 9.67. The molecule has 40 heavy (non-hydrogen) atoms. The van der Waals surface area contributed by atoms with Gasteiger partial charge in [0.2, 0.25) is 5.91 Å². The van der Waals surface area contributed by atoms with Gasteiger partial charge in [-0.15, -0.1) is 0 Å². The standard InChI is InChI=1S/C31H27F4N3O2/c1-2-3-17-36(30(40)22-8-6-9-23(19-22)31(33,34)35)20-28(39)38-26-11-5-4-10-25(26)37-18-7-12-27(37)29(38)21-13-15-24(32)16-14-21/h4-16,18-19,29H,2-3,17,20H2,1H3. The molecule has 0 aliphatic carbocycles. The second-order valence-corrected chi connectivity index (χ2v) is 9.67. The summed E-state index contributed by atoms with van der Waals surface area (Å²) in [5, 5.41) is 0. The maximum atomic E-state index is 14.1. The number of hydrogen-bond donors (Lipinski definition) is 0. The van der Waals surface area contributed by atoms with Gasteiger partial charge in [-0.25, -0.2) is 4.39 Å². The minimum atomic E-state index is -4.60. The van der Waals surface area contributed by atoms with Crippen molar-refractivity contribution in [3.63, 3.8) is 0 Å². The molecule has 4 aromatic rings. The molecule has 0 fully saturated rings. The number of amides is 2. The lowest BCUT2D eigenvalue weighted by molar-refractivity contribution is -0.137. The summed E-state index contributed by atoms with van der Waals surface area (Å²) in [4.78, 5) is 30.5. The van der Waals surface area contributed by atoms with Crippen LogP contribution in [0.15, 0.2) is 91.1 Å². The van der Waals surface area contributed by atoms with Crippen molar-refractivity contribution >= 4 is 17.5 Å². The van der Waals surface area contributed by atoms with Crippen LogP contribution in [0.25, 0.3) is 5.69 Å². The molecule has 0 N–H and O–H groups in total. The monoisotopic (exact) mass is 549 g/mol. The molecule has 9 heteroatoms. The third-order valence-corrected chi connectivity index (χ3v) is 7.01. The number of aromatic nitrogens is 1. The number of unbranched alkanes of at least 4 members (excludes halogenated alkanes) is 1. The van der Waals surface area contributed by atoms with Gasteiger partial charge in [-0.3, -0.25) is 14.5 Å². The zero-order valence-corrected chi connectivity index (χ0v) is 21.7. The van der Waals surface area contributed by atoms with Crippen molar-refractivity contribution in [2.75, 3.05) is 18.0 Å². The fourth-order valence-electron chi connectivity index (χ4n) is 5.07. The Balaban J connectivity index is 1.54. The number of hydrogen-bond acceptors (Lipinski definition) is 2. The molecule has 0 saturated heterocycles. The van der Waals surface area contributed by atoms with E-state index < -0.39 is 35.4 Å². The van der Waals surface area contributed by atoms with Gasteiger partial charge in [0.25, 0.3) is 5.91 Å². The second kappa shape index (κ2) is 11.0. The van der Waals surface area contributed by atoms with Crippen molar-refractivity contribution in [2.45, 2.75) is 32.0 Å². The molecule has 2 amide bonds. The fourth-order valence-corrected chi connectivity index (χ4v) is 5.07. The smallest absolute Gasteiger partial charge is 0.329 e. The summed E-state index contributed by atoms with van der Waals surface area (Å²) >= 11 is 0. The van der Waals surface area contributed by atoms with Crippen molar-refractivity contribution in [1.82, 2.24) is 9.47 Å². The van der Waals surface area contributed by atoms with E-state index in [0.29, 0.717) is 17.7 Å². The van der Waals surface area contributed by atoms with Gasteiger partial charge in [0.05, 0.1) is 22.6 Å². The maximum absolute atomic E-state index is 14.1. The summed E-state index contributed by atoms with van der Waals surface area (Å²) in [6, 6.07) is 20.6. The van der Waals surface area contributed by atoms with E-state index in [2.05, 4.69) is 0 Å². The first-order valence-corrected chi connectivity index (χ1v) is 13.0. The quantitative estimate of drug-likeness (QED) is 0.233. The molecule has 0 radical (unpaired) electrons. The van der Waals surface area contributed by atoms with Crippen LogP contribution in [0.2, 0.25) is 0 Å². The van der Waals surface area contributed by atoms with Gasteiger partial charge >= 0.3 is 6.18 Å². The van der Waals surface area contributed by atoms with E-state index in [1.807, 2.05) is 42.0 Å². The molecule has 1 aliphatic rings. The highest BCUT2D eigenvalue weighted by atomic mass is 19.4. The molecule has 206 valence electrons. The third kappa shape index (κ3) is 5.23. The Morgan fingerprint density at radius 3 is 2.33 bits per heavy atom. The predicted molar refractivity (Wildman–Crippen MR) is 144 cm³/mol. The molecular weight excluding hydrogens is 522 g/mol. The van der Waals surface area contributed by atoms with E-state index in [0.717, 1.165) is 29.9 Å². The van der Waals surface area contributed by atoms with Crippen molar-refractivity contribution in [3.05, 3.63) is 119 Å².